The first kappa shape index (κ1) is 18.3. The fraction of sp³-hybridized carbons (Fsp3) is 0.316. The number of ether oxygens (including phenoxy) is 1. The molecule has 5 heteroatoms. The molecule has 0 amide bonds. The lowest BCUT2D eigenvalue weighted by Crippen LogP contribution is -2.37. The van der Waals surface area contributed by atoms with E-state index in [1.54, 1.807) is 12.1 Å². The quantitative estimate of drug-likeness (QED) is 0.680. The molecule has 1 fully saturated rings. The molecule has 128 valence electrons. The Labute approximate surface area is 149 Å². The van der Waals surface area contributed by atoms with E-state index in [4.69, 9.17) is 10.5 Å². The van der Waals surface area contributed by atoms with E-state index in [1.807, 2.05) is 30.3 Å². The van der Waals surface area contributed by atoms with Crippen molar-refractivity contribution < 1.29 is 9.53 Å². The van der Waals surface area contributed by atoms with E-state index in [1.165, 1.54) is 5.56 Å². The van der Waals surface area contributed by atoms with Gasteiger partial charge in [-0.3, -0.25) is 4.90 Å². The molecule has 0 atom stereocenters. The van der Waals surface area contributed by atoms with Crippen LogP contribution in [0.25, 0.3) is 0 Å². The Balaban J connectivity index is 0.00000208. The summed E-state index contributed by atoms with van der Waals surface area (Å²) in [6, 6.07) is 17.2. The first-order valence-electron chi connectivity index (χ1n) is 8.03. The van der Waals surface area contributed by atoms with E-state index < -0.39 is 0 Å². The summed E-state index contributed by atoms with van der Waals surface area (Å²) in [4.78, 5) is 14.5. The van der Waals surface area contributed by atoms with Gasteiger partial charge in [0.2, 0.25) is 0 Å². The van der Waals surface area contributed by atoms with Crippen LogP contribution in [0.2, 0.25) is 0 Å². The van der Waals surface area contributed by atoms with Crippen molar-refractivity contribution in [3.63, 3.8) is 0 Å². The van der Waals surface area contributed by atoms with Crippen molar-refractivity contribution in [1.29, 1.82) is 0 Å². The molecule has 24 heavy (non-hydrogen) atoms. The normalized spacial score (nSPS) is 15.5. The number of piperidine rings is 1. The number of nitrogens with zero attached hydrogens (tertiary/aromatic N) is 1. The third-order valence-corrected chi connectivity index (χ3v) is 4.20. The lowest BCUT2D eigenvalue weighted by molar-refractivity contribution is 0.0104. The number of rotatable bonds is 4. The standard InChI is InChI=1S/C19H22N2O2.ClH/c20-17-8-6-15(7-9-17)14-21-12-10-18(11-13-21)23-19(22)16-4-2-1-3-5-16;/h1-9,18H,10-14,20H2;1H. The summed E-state index contributed by atoms with van der Waals surface area (Å²) in [5.41, 5.74) is 8.39. The van der Waals surface area contributed by atoms with Gasteiger partial charge in [0, 0.05) is 25.3 Å². The summed E-state index contributed by atoms with van der Waals surface area (Å²) in [5, 5.41) is 0. The lowest BCUT2D eigenvalue weighted by atomic mass is 10.1. The number of halogens is 1. The van der Waals surface area contributed by atoms with Crippen LogP contribution >= 0.6 is 12.4 Å². The van der Waals surface area contributed by atoms with E-state index in [9.17, 15) is 4.79 Å². The predicted molar refractivity (Wildman–Crippen MR) is 98.3 cm³/mol. The molecule has 2 N–H and O–H groups in total. The van der Waals surface area contributed by atoms with Gasteiger partial charge in [-0.25, -0.2) is 4.79 Å². The minimum atomic E-state index is -0.220. The Morgan fingerprint density at radius 3 is 2.29 bits per heavy atom. The second-order valence-electron chi connectivity index (χ2n) is 5.99. The number of likely N-dealkylation sites (tertiary alicyclic amines) is 1. The van der Waals surface area contributed by atoms with E-state index in [-0.39, 0.29) is 24.5 Å². The average molecular weight is 347 g/mol. The number of nitrogens with two attached hydrogens (primary N) is 1. The van der Waals surface area contributed by atoms with Crippen molar-refractivity contribution in [2.45, 2.75) is 25.5 Å². The number of carbonyl (C=O) groups excluding carboxylic acids is 1. The van der Waals surface area contributed by atoms with E-state index in [0.717, 1.165) is 38.2 Å². The highest BCUT2D eigenvalue weighted by molar-refractivity contribution is 5.89. The van der Waals surface area contributed by atoms with Crippen LogP contribution in [0.5, 0.6) is 0 Å². The zero-order valence-electron chi connectivity index (χ0n) is 13.6. The molecule has 1 heterocycles. The van der Waals surface area contributed by atoms with Crippen molar-refractivity contribution in [2.75, 3.05) is 18.8 Å². The largest absolute Gasteiger partial charge is 0.459 e. The second-order valence-corrected chi connectivity index (χ2v) is 5.99. The van der Waals surface area contributed by atoms with Gasteiger partial charge in [-0.05, 0) is 42.7 Å². The zero-order valence-corrected chi connectivity index (χ0v) is 14.4. The highest BCUT2D eigenvalue weighted by Crippen LogP contribution is 2.18. The molecule has 0 radical (unpaired) electrons. The summed E-state index contributed by atoms with van der Waals surface area (Å²) in [6.45, 7) is 2.80. The van der Waals surface area contributed by atoms with Gasteiger partial charge in [0.25, 0.3) is 0 Å². The van der Waals surface area contributed by atoms with Gasteiger partial charge in [-0.2, -0.15) is 0 Å². The Bertz CT molecular complexity index is 638. The number of nitrogen functional groups attached to an aromatic ring is 1. The minimum absolute atomic E-state index is 0. The summed E-state index contributed by atoms with van der Waals surface area (Å²) in [5.74, 6) is -0.220. The third-order valence-electron chi connectivity index (χ3n) is 4.20. The maximum Gasteiger partial charge on any atom is 0.338 e. The maximum atomic E-state index is 12.1. The first-order valence-corrected chi connectivity index (χ1v) is 8.03. The third kappa shape index (κ3) is 4.98. The number of anilines is 1. The van der Waals surface area contributed by atoms with Crippen LogP contribution in [0, 0.1) is 0 Å². The maximum absolute atomic E-state index is 12.1. The van der Waals surface area contributed by atoms with E-state index in [2.05, 4.69) is 17.0 Å². The fourth-order valence-corrected chi connectivity index (χ4v) is 2.86. The molecule has 0 spiro atoms. The molecule has 3 rings (SSSR count). The molecule has 0 bridgehead atoms. The summed E-state index contributed by atoms with van der Waals surface area (Å²) < 4.78 is 5.61. The van der Waals surface area contributed by atoms with Crippen molar-refractivity contribution in [2.24, 2.45) is 0 Å². The van der Waals surface area contributed by atoms with Gasteiger partial charge in [0.05, 0.1) is 5.56 Å². The first-order chi connectivity index (χ1) is 11.2. The van der Waals surface area contributed by atoms with Gasteiger partial charge in [0.15, 0.2) is 0 Å². The number of esters is 1. The monoisotopic (exact) mass is 346 g/mol. The molecule has 0 saturated carbocycles. The number of hydrogen-bond acceptors (Lipinski definition) is 4. The molecule has 1 saturated heterocycles. The van der Waals surface area contributed by atoms with Gasteiger partial charge in [-0.15, -0.1) is 12.4 Å². The number of hydrogen-bond donors (Lipinski definition) is 1. The van der Waals surface area contributed by atoms with Crippen LogP contribution in [0.3, 0.4) is 0 Å². The summed E-state index contributed by atoms with van der Waals surface area (Å²) in [6.07, 6.45) is 1.78. The Kier molecular flexibility index (Phi) is 6.64. The Morgan fingerprint density at radius 2 is 1.67 bits per heavy atom. The van der Waals surface area contributed by atoms with Crippen LogP contribution in [0.1, 0.15) is 28.8 Å². The molecule has 2 aromatic carbocycles. The predicted octanol–water partition coefficient (Wildman–Crippen LogP) is 3.51. The SMILES string of the molecule is Cl.Nc1ccc(CN2CCC(OC(=O)c3ccccc3)CC2)cc1. The van der Waals surface area contributed by atoms with Crippen molar-refractivity contribution in [1.82, 2.24) is 4.90 Å². The van der Waals surface area contributed by atoms with Crippen LogP contribution in [-0.4, -0.2) is 30.1 Å². The molecular weight excluding hydrogens is 324 g/mol. The van der Waals surface area contributed by atoms with E-state index >= 15 is 0 Å². The highest BCUT2D eigenvalue weighted by atomic mass is 35.5. The van der Waals surface area contributed by atoms with Gasteiger partial charge in [-0.1, -0.05) is 30.3 Å². The summed E-state index contributed by atoms with van der Waals surface area (Å²) in [7, 11) is 0. The molecule has 2 aromatic rings. The minimum Gasteiger partial charge on any atom is -0.459 e. The van der Waals surface area contributed by atoms with Gasteiger partial charge >= 0.3 is 5.97 Å². The molecule has 0 unspecified atom stereocenters. The lowest BCUT2D eigenvalue weighted by Gasteiger charge is -2.31. The molecule has 1 aliphatic rings. The van der Waals surface area contributed by atoms with Crippen molar-refractivity contribution >= 4 is 24.1 Å². The second kappa shape index (κ2) is 8.71. The topological polar surface area (TPSA) is 55.6 Å². The Morgan fingerprint density at radius 1 is 1.04 bits per heavy atom. The average Bonchev–Trinajstić information content (AvgIpc) is 2.59. The number of carbonyl (C=O) groups is 1. The van der Waals surface area contributed by atoms with Crippen LogP contribution in [0.4, 0.5) is 5.69 Å². The van der Waals surface area contributed by atoms with Crippen LogP contribution in [0.15, 0.2) is 54.6 Å². The van der Waals surface area contributed by atoms with E-state index in [0.29, 0.717) is 5.56 Å². The molecule has 1 aliphatic heterocycles. The fourth-order valence-electron chi connectivity index (χ4n) is 2.86. The van der Waals surface area contributed by atoms with Crippen LogP contribution in [-0.2, 0) is 11.3 Å². The summed E-state index contributed by atoms with van der Waals surface area (Å²) >= 11 is 0. The zero-order chi connectivity index (χ0) is 16.1. The van der Waals surface area contributed by atoms with Gasteiger partial charge in [0.1, 0.15) is 6.10 Å². The van der Waals surface area contributed by atoms with Gasteiger partial charge < -0.3 is 10.5 Å². The smallest absolute Gasteiger partial charge is 0.338 e. The van der Waals surface area contributed by atoms with Crippen molar-refractivity contribution in [3.05, 3.63) is 65.7 Å². The van der Waals surface area contributed by atoms with Crippen molar-refractivity contribution in [3.8, 4) is 0 Å². The van der Waals surface area contributed by atoms with Crippen LogP contribution < -0.4 is 5.73 Å². The molecule has 0 aliphatic carbocycles. The molecular formula is C19H23ClN2O2. The molecule has 0 aromatic heterocycles. The number of benzene rings is 2. The molecule has 4 nitrogen and oxygen atoms in total. The Hall–Kier alpha value is -2.04. The highest BCUT2D eigenvalue weighted by Gasteiger charge is 2.22.